The van der Waals surface area contributed by atoms with Crippen LogP contribution in [0, 0.1) is 11.3 Å². The van der Waals surface area contributed by atoms with Crippen LogP contribution in [-0.4, -0.2) is 22.5 Å². The highest BCUT2D eigenvalue weighted by Gasteiger charge is 2.42. The highest BCUT2D eigenvalue weighted by atomic mass is 16.4. The summed E-state index contributed by atoms with van der Waals surface area (Å²) < 4.78 is 0. The second-order valence-electron chi connectivity index (χ2n) is 6.63. The molecule has 2 N–H and O–H groups in total. The Morgan fingerprint density at radius 3 is 2.57 bits per heavy atom. The molecular weight excluding hydrogens is 292 g/mol. The zero-order valence-corrected chi connectivity index (χ0v) is 13.0. The number of hydrogen-bond donors (Lipinski definition) is 2. The van der Waals surface area contributed by atoms with Gasteiger partial charge in [-0.25, -0.2) is 4.79 Å². The molecule has 3 rings (SSSR count). The number of nitrogens with zero attached hydrogens (tertiary/aromatic N) is 1. The molecule has 0 bridgehead atoms. The minimum absolute atomic E-state index is 0.153. The zero-order chi connectivity index (χ0) is 16.4. The van der Waals surface area contributed by atoms with Gasteiger partial charge in [-0.05, 0) is 48.8 Å². The number of rotatable bonds is 5. The van der Waals surface area contributed by atoms with Crippen LogP contribution in [0.15, 0.2) is 18.2 Å². The first-order chi connectivity index (χ1) is 11.0. The van der Waals surface area contributed by atoms with Gasteiger partial charge in [0.15, 0.2) is 0 Å². The summed E-state index contributed by atoms with van der Waals surface area (Å²) in [6.45, 7) is 0. The molecule has 2 aliphatic carbocycles. The quantitative estimate of drug-likeness (QED) is 0.874. The SMILES string of the molecule is N#Cc1ccc(CC(=O)NC2(C(=O)O)CCCC2)cc1C1CC1. The summed E-state index contributed by atoms with van der Waals surface area (Å²) in [6.07, 6.45) is 4.98. The number of aliphatic carboxylic acids is 1. The predicted octanol–water partition coefficient (Wildman–Crippen LogP) is 2.49. The number of carbonyl (C=O) groups is 2. The number of nitrogens with one attached hydrogen (secondary N) is 1. The standard InChI is InChI=1S/C18H20N2O3/c19-11-14-4-3-12(9-15(14)13-5-6-13)10-16(21)20-18(17(22)23)7-1-2-8-18/h3-4,9,13H,1-2,5-8,10H2,(H,20,21)(H,22,23). The Morgan fingerprint density at radius 2 is 2.00 bits per heavy atom. The summed E-state index contributed by atoms with van der Waals surface area (Å²) in [5, 5.41) is 21.3. The first-order valence-corrected chi connectivity index (χ1v) is 8.11. The number of nitriles is 1. The Labute approximate surface area is 135 Å². The molecule has 0 spiro atoms. The van der Waals surface area contributed by atoms with Crippen LogP contribution in [0.3, 0.4) is 0 Å². The van der Waals surface area contributed by atoms with Crippen molar-refractivity contribution in [2.45, 2.75) is 56.4 Å². The van der Waals surface area contributed by atoms with E-state index in [0.29, 0.717) is 24.3 Å². The average Bonchev–Trinajstić information content (AvgIpc) is 3.26. The second kappa shape index (κ2) is 6.04. The van der Waals surface area contributed by atoms with E-state index in [0.717, 1.165) is 36.8 Å². The van der Waals surface area contributed by atoms with Gasteiger partial charge in [0.1, 0.15) is 5.54 Å². The summed E-state index contributed by atoms with van der Waals surface area (Å²) in [4.78, 5) is 23.8. The molecule has 0 unspecified atom stereocenters. The minimum atomic E-state index is -1.09. The number of benzene rings is 1. The van der Waals surface area contributed by atoms with Gasteiger partial charge in [-0.3, -0.25) is 4.79 Å². The number of hydrogen-bond acceptors (Lipinski definition) is 3. The van der Waals surface area contributed by atoms with Crippen molar-refractivity contribution >= 4 is 11.9 Å². The van der Waals surface area contributed by atoms with E-state index in [1.807, 2.05) is 6.07 Å². The summed E-state index contributed by atoms with van der Waals surface area (Å²) in [5.74, 6) is -0.768. The number of carboxylic acids is 1. The Hall–Kier alpha value is -2.35. The van der Waals surface area contributed by atoms with Gasteiger partial charge < -0.3 is 10.4 Å². The highest BCUT2D eigenvalue weighted by Crippen LogP contribution is 2.42. The van der Waals surface area contributed by atoms with E-state index in [4.69, 9.17) is 5.26 Å². The Bertz CT molecular complexity index is 680. The van der Waals surface area contributed by atoms with Gasteiger partial charge in [0, 0.05) is 0 Å². The first-order valence-electron chi connectivity index (χ1n) is 8.11. The van der Waals surface area contributed by atoms with Crippen molar-refractivity contribution in [3.05, 3.63) is 34.9 Å². The van der Waals surface area contributed by atoms with Gasteiger partial charge in [-0.15, -0.1) is 0 Å². The van der Waals surface area contributed by atoms with E-state index in [2.05, 4.69) is 11.4 Å². The summed E-state index contributed by atoms with van der Waals surface area (Å²) in [5.41, 5.74) is 1.44. The molecule has 0 radical (unpaired) electrons. The molecule has 1 aromatic carbocycles. The van der Waals surface area contributed by atoms with Crippen LogP contribution in [0.1, 0.15) is 61.1 Å². The first kappa shape index (κ1) is 15.5. The van der Waals surface area contributed by atoms with Crippen LogP contribution in [0.5, 0.6) is 0 Å². The molecule has 2 aliphatic rings. The zero-order valence-electron chi connectivity index (χ0n) is 13.0. The molecule has 23 heavy (non-hydrogen) atoms. The summed E-state index contributed by atoms with van der Waals surface area (Å²) >= 11 is 0. The van der Waals surface area contributed by atoms with Gasteiger partial charge in [-0.2, -0.15) is 5.26 Å². The molecule has 0 aliphatic heterocycles. The number of carbonyl (C=O) groups excluding carboxylic acids is 1. The van der Waals surface area contributed by atoms with Crippen LogP contribution in [0.25, 0.3) is 0 Å². The van der Waals surface area contributed by atoms with Crippen LogP contribution < -0.4 is 5.32 Å². The Morgan fingerprint density at radius 1 is 1.30 bits per heavy atom. The smallest absolute Gasteiger partial charge is 0.329 e. The van der Waals surface area contributed by atoms with Gasteiger partial charge in [0.05, 0.1) is 18.1 Å². The fourth-order valence-corrected chi connectivity index (χ4v) is 3.42. The second-order valence-corrected chi connectivity index (χ2v) is 6.63. The van der Waals surface area contributed by atoms with Crippen molar-refractivity contribution in [2.75, 3.05) is 0 Å². The lowest BCUT2D eigenvalue weighted by atomic mass is 9.96. The number of amides is 1. The molecule has 0 saturated heterocycles. The predicted molar refractivity (Wildman–Crippen MR) is 83.8 cm³/mol. The lowest BCUT2D eigenvalue weighted by molar-refractivity contribution is -0.147. The third-order valence-electron chi connectivity index (χ3n) is 4.86. The van der Waals surface area contributed by atoms with Crippen LogP contribution in [-0.2, 0) is 16.0 Å². The molecule has 5 heteroatoms. The molecule has 2 saturated carbocycles. The Kier molecular flexibility index (Phi) is 4.08. The number of carboxylic acid groups (broad SMARTS) is 1. The van der Waals surface area contributed by atoms with Gasteiger partial charge in [0.25, 0.3) is 0 Å². The van der Waals surface area contributed by atoms with Crippen molar-refractivity contribution < 1.29 is 14.7 Å². The summed E-state index contributed by atoms with van der Waals surface area (Å²) in [7, 11) is 0. The van der Waals surface area contributed by atoms with E-state index in [1.54, 1.807) is 12.1 Å². The maximum atomic E-state index is 12.3. The van der Waals surface area contributed by atoms with Gasteiger partial charge in [-0.1, -0.05) is 25.0 Å². The van der Waals surface area contributed by atoms with Crippen LogP contribution >= 0.6 is 0 Å². The molecule has 0 aromatic heterocycles. The average molecular weight is 312 g/mol. The largest absolute Gasteiger partial charge is 0.480 e. The van der Waals surface area contributed by atoms with Crippen LogP contribution in [0.2, 0.25) is 0 Å². The van der Waals surface area contributed by atoms with Crippen LogP contribution in [0.4, 0.5) is 0 Å². The molecule has 0 heterocycles. The minimum Gasteiger partial charge on any atom is -0.480 e. The third-order valence-corrected chi connectivity index (χ3v) is 4.86. The van der Waals surface area contributed by atoms with Crippen molar-refractivity contribution in [2.24, 2.45) is 0 Å². The third kappa shape index (κ3) is 3.21. The van der Waals surface area contributed by atoms with E-state index >= 15 is 0 Å². The molecule has 2 fully saturated rings. The lowest BCUT2D eigenvalue weighted by Crippen LogP contribution is -2.52. The Balaban J connectivity index is 1.72. The fraction of sp³-hybridized carbons (Fsp3) is 0.500. The fourth-order valence-electron chi connectivity index (χ4n) is 3.42. The van der Waals surface area contributed by atoms with E-state index in [9.17, 15) is 14.7 Å². The monoisotopic (exact) mass is 312 g/mol. The lowest BCUT2D eigenvalue weighted by Gasteiger charge is -2.25. The molecule has 120 valence electrons. The molecule has 1 amide bonds. The maximum Gasteiger partial charge on any atom is 0.329 e. The normalized spacial score (nSPS) is 19.1. The molecule has 1 aromatic rings. The maximum absolute atomic E-state index is 12.3. The topological polar surface area (TPSA) is 90.2 Å². The molecule has 5 nitrogen and oxygen atoms in total. The van der Waals surface area contributed by atoms with Crippen molar-refractivity contribution in [3.63, 3.8) is 0 Å². The van der Waals surface area contributed by atoms with E-state index in [1.165, 1.54) is 0 Å². The van der Waals surface area contributed by atoms with Gasteiger partial charge in [0.2, 0.25) is 5.91 Å². The molecular formula is C18H20N2O3. The van der Waals surface area contributed by atoms with Crippen molar-refractivity contribution in [3.8, 4) is 6.07 Å². The van der Waals surface area contributed by atoms with E-state index in [-0.39, 0.29) is 12.3 Å². The van der Waals surface area contributed by atoms with Gasteiger partial charge >= 0.3 is 5.97 Å². The summed E-state index contributed by atoms with van der Waals surface area (Å²) in [6, 6.07) is 7.67. The highest BCUT2D eigenvalue weighted by molar-refractivity contribution is 5.88. The molecule has 0 atom stereocenters. The van der Waals surface area contributed by atoms with E-state index < -0.39 is 11.5 Å². The van der Waals surface area contributed by atoms with Crippen molar-refractivity contribution in [1.29, 1.82) is 5.26 Å². The van der Waals surface area contributed by atoms with Crippen molar-refractivity contribution in [1.82, 2.24) is 5.32 Å².